The molecule has 124 valence electrons. The number of amides is 1. The van der Waals surface area contributed by atoms with Gasteiger partial charge in [0.2, 0.25) is 0 Å². The number of aryl methyl sites for hydroxylation is 1. The van der Waals surface area contributed by atoms with Crippen molar-refractivity contribution >= 4 is 46.5 Å². The summed E-state index contributed by atoms with van der Waals surface area (Å²) in [5.74, 6) is -1.37. The number of hydrogen-bond acceptors (Lipinski definition) is 5. The molecule has 0 unspecified atom stereocenters. The van der Waals surface area contributed by atoms with E-state index in [0.717, 1.165) is 0 Å². The van der Waals surface area contributed by atoms with Gasteiger partial charge in [0.15, 0.2) is 6.61 Å². The van der Waals surface area contributed by atoms with Crippen LogP contribution in [0, 0.1) is 22.5 Å². The quantitative estimate of drug-likeness (QED) is 0.376. The summed E-state index contributed by atoms with van der Waals surface area (Å²) in [5.41, 5.74) is -0.558. The van der Waals surface area contributed by atoms with Gasteiger partial charge in [-0.1, -0.05) is 6.07 Å². The molecule has 23 heavy (non-hydrogen) atoms. The van der Waals surface area contributed by atoms with Crippen LogP contribution in [0.1, 0.15) is 18.9 Å². The average Bonchev–Trinajstić information content (AvgIpc) is 2.98. The van der Waals surface area contributed by atoms with Crippen molar-refractivity contribution in [1.82, 2.24) is 0 Å². The van der Waals surface area contributed by atoms with Gasteiger partial charge in [-0.3, -0.25) is 19.7 Å². The molecule has 0 bridgehead atoms. The second kappa shape index (κ2) is 5.98. The molecule has 1 aromatic carbocycles. The maximum Gasteiger partial charge on any atom is 0.315 e. The Morgan fingerprint density at radius 1 is 1.43 bits per heavy atom. The number of benzene rings is 1. The Balaban J connectivity index is 1.96. The van der Waals surface area contributed by atoms with Crippen LogP contribution in [0.2, 0.25) is 0 Å². The molecule has 1 amide bonds. The van der Waals surface area contributed by atoms with E-state index in [0.29, 0.717) is 5.56 Å². The molecule has 1 aliphatic rings. The third kappa shape index (κ3) is 3.56. The molecule has 7 nitrogen and oxygen atoms in total. The van der Waals surface area contributed by atoms with Gasteiger partial charge in [0.25, 0.3) is 11.6 Å². The van der Waals surface area contributed by atoms with Crippen LogP contribution in [0.3, 0.4) is 0 Å². The topological polar surface area (TPSA) is 98.5 Å². The van der Waals surface area contributed by atoms with Gasteiger partial charge in [0.05, 0.1) is 4.92 Å². The lowest BCUT2D eigenvalue weighted by Crippen LogP contribution is -2.27. The average molecular weight is 361 g/mol. The summed E-state index contributed by atoms with van der Waals surface area (Å²) in [7, 11) is 0. The van der Waals surface area contributed by atoms with Crippen LogP contribution in [0.15, 0.2) is 18.2 Å². The first-order valence-electron chi connectivity index (χ1n) is 6.67. The minimum Gasteiger partial charge on any atom is -0.455 e. The lowest BCUT2D eigenvalue weighted by molar-refractivity contribution is -0.384. The number of nitrogens with one attached hydrogen (secondary N) is 1. The second-order valence-electron chi connectivity index (χ2n) is 5.62. The van der Waals surface area contributed by atoms with Gasteiger partial charge in [0.1, 0.15) is 15.4 Å². The number of halogens is 2. The number of carbonyl (C=O) groups is 2. The van der Waals surface area contributed by atoms with Crippen LogP contribution >= 0.6 is 23.2 Å². The Labute approximate surface area is 142 Å². The van der Waals surface area contributed by atoms with E-state index in [1.807, 2.05) is 0 Å². The van der Waals surface area contributed by atoms with E-state index in [-0.39, 0.29) is 17.8 Å². The number of alkyl halides is 2. The summed E-state index contributed by atoms with van der Waals surface area (Å²) in [6, 6.07) is 4.37. The van der Waals surface area contributed by atoms with E-state index < -0.39 is 33.2 Å². The summed E-state index contributed by atoms with van der Waals surface area (Å²) in [6.07, 6.45) is 0.243. The molecule has 0 saturated heterocycles. The predicted molar refractivity (Wildman–Crippen MR) is 84.6 cm³/mol. The Morgan fingerprint density at radius 2 is 2.04 bits per heavy atom. The number of ether oxygens (including phenoxy) is 1. The number of nitrogens with zero attached hydrogens (tertiary/aromatic N) is 1. The van der Waals surface area contributed by atoms with E-state index in [2.05, 4.69) is 5.32 Å². The van der Waals surface area contributed by atoms with Crippen molar-refractivity contribution in [3.05, 3.63) is 33.9 Å². The predicted octanol–water partition coefficient (Wildman–Crippen LogP) is 2.97. The van der Waals surface area contributed by atoms with E-state index in [1.165, 1.54) is 19.1 Å². The minimum atomic E-state index is -1.18. The number of anilines is 1. The largest absolute Gasteiger partial charge is 0.455 e. The zero-order chi connectivity index (χ0) is 17.4. The third-order valence-electron chi connectivity index (χ3n) is 3.67. The summed E-state index contributed by atoms with van der Waals surface area (Å²) >= 11 is 11.7. The fourth-order valence-electron chi connectivity index (χ4n) is 2.00. The van der Waals surface area contributed by atoms with Gasteiger partial charge in [0, 0.05) is 12.5 Å². The first kappa shape index (κ1) is 17.5. The molecule has 1 saturated carbocycles. The summed E-state index contributed by atoms with van der Waals surface area (Å²) in [5, 5.41) is 13.3. The summed E-state index contributed by atoms with van der Waals surface area (Å²) in [4.78, 5) is 34.0. The Morgan fingerprint density at radius 3 is 2.57 bits per heavy atom. The fourth-order valence-corrected chi connectivity index (χ4v) is 2.69. The zero-order valence-corrected chi connectivity index (χ0v) is 13.9. The molecule has 0 aliphatic heterocycles. The number of nitro groups is 1. The molecule has 0 radical (unpaired) electrons. The molecule has 1 aliphatic carbocycles. The minimum absolute atomic E-state index is 0.0308. The van der Waals surface area contributed by atoms with Crippen molar-refractivity contribution in [3.63, 3.8) is 0 Å². The molecule has 2 rings (SSSR count). The molecule has 0 aromatic heterocycles. The van der Waals surface area contributed by atoms with E-state index >= 15 is 0 Å². The van der Waals surface area contributed by atoms with Crippen LogP contribution in [0.4, 0.5) is 11.4 Å². The molecule has 1 N–H and O–H groups in total. The van der Waals surface area contributed by atoms with Crippen LogP contribution in [-0.4, -0.2) is 27.7 Å². The first-order chi connectivity index (χ1) is 10.6. The molecule has 1 atom stereocenters. The molecule has 9 heteroatoms. The van der Waals surface area contributed by atoms with Gasteiger partial charge < -0.3 is 10.1 Å². The monoisotopic (exact) mass is 360 g/mol. The van der Waals surface area contributed by atoms with Crippen molar-refractivity contribution < 1.29 is 19.2 Å². The maximum atomic E-state index is 11.8. The lowest BCUT2D eigenvalue weighted by Gasteiger charge is -2.12. The lowest BCUT2D eigenvalue weighted by atomic mass is 10.1. The van der Waals surface area contributed by atoms with Gasteiger partial charge in [-0.2, -0.15) is 0 Å². The second-order valence-corrected chi connectivity index (χ2v) is 7.10. The van der Waals surface area contributed by atoms with Gasteiger partial charge in [-0.15, -0.1) is 23.2 Å². The highest BCUT2D eigenvalue weighted by Gasteiger charge is 2.69. The van der Waals surface area contributed by atoms with Crippen LogP contribution in [0.25, 0.3) is 0 Å². The fraction of sp³-hybridized carbons (Fsp3) is 0.429. The van der Waals surface area contributed by atoms with Crippen molar-refractivity contribution in [2.24, 2.45) is 5.41 Å². The van der Waals surface area contributed by atoms with Crippen LogP contribution < -0.4 is 5.32 Å². The van der Waals surface area contributed by atoms with E-state index in [4.69, 9.17) is 27.9 Å². The Hall–Kier alpha value is -1.86. The highest BCUT2D eigenvalue weighted by molar-refractivity contribution is 6.53. The molecular weight excluding hydrogens is 347 g/mol. The van der Waals surface area contributed by atoms with Crippen molar-refractivity contribution in [2.75, 3.05) is 11.9 Å². The van der Waals surface area contributed by atoms with Crippen LogP contribution in [-0.2, 0) is 14.3 Å². The first-order valence-corrected chi connectivity index (χ1v) is 7.42. The van der Waals surface area contributed by atoms with E-state index in [9.17, 15) is 19.7 Å². The molecule has 1 fully saturated rings. The molecule has 1 aromatic rings. The Kier molecular flexibility index (Phi) is 4.54. The van der Waals surface area contributed by atoms with Gasteiger partial charge in [-0.25, -0.2) is 0 Å². The molecule has 0 heterocycles. The Bertz CT molecular complexity index is 692. The highest BCUT2D eigenvalue weighted by atomic mass is 35.5. The van der Waals surface area contributed by atoms with Crippen molar-refractivity contribution in [3.8, 4) is 0 Å². The number of nitro benzene ring substituents is 1. The van der Waals surface area contributed by atoms with Crippen molar-refractivity contribution in [1.29, 1.82) is 0 Å². The standard InChI is InChI=1S/C14H14Cl2N2O5/c1-8-3-4-9(10(5-8)18(21)22)17-11(19)6-23-12(20)13(2)7-14(13,15)16/h3-5H,6-7H2,1-2H3,(H,17,19)/t13-/m0/s1. The molecule has 0 spiro atoms. The highest BCUT2D eigenvalue weighted by Crippen LogP contribution is 2.64. The third-order valence-corrected chi connectivity index (χ3v) is 4.77. The number of carbonyl (C=O) groups excluding carboxylic acids is 2. The number of hydrogen-bond donors (Lipinski definition) is 1. The molecular formula is C14H14Cl2N2O5. The van der Waals surface area contributed by atoms with Crippen molar-refractivity contribution in [2.45, 2.75) is 24.6 Å². The SMILES string of the molecule is Cc1ccc(NC(=O)COC(=O)[C@]2(C)CC2(Cl)Cl)c([N+](=O)[O-])c1. The number of rotatable bonds is 5. The normalized spacial score (nSPS) is 21.4. The van der Waals surface area contributed by atoms with E-state index in [1.54, 1.807) is 13.0 Å². The van der Waals surface area contributed by atoms with Gasteiger partial charge >= 0.3 is 5.97 Å². The number of esters is 1. The smallest absolute Gasteiger partial charge is 0.315 e. The summed E-state index contributed by atoms with van der Waals surface area (Å²) < 4.78 is 3.69. The summed E-state index contributed by atoms with van der Waals surface area (Å²) in [6.45, 7) is 2.66. The van der Waals surface area contributed by atoms with Gasteiger partial charge in [-0.05, 0) is 25.5 Å². The maximum absolute atomic E-state index is 11.8. The van der Waals surface area contributed by atoms with Crippen LogP contribution in [0.5, 0.6) is 0 Å². The zero-order valence-electron chi connectivity index (χ0n) is 12.4.